The van der Waals surface area contributed by atoms with Crippen LogP contribution >= 0.6 is 27.7 Å². The molecule has 0 atom stereocenters. The van der Waals surface area contributed by atoms with Gasteiger partial charge in [-0.3, -0.25) is 4.79 Å². The van der Waals surface area contributed by atoms with Crippen molar-refractivity contribution in [2.75, 3.05) is 0 Å². The van der Waals surface area contributed by atoms with Crippen LogP contribution in [0.15, 0.2) is 55.5 Å². The molecule has 0 aliphatic carbocycles. The van der Waals surface area contributed by atoms with Gasteiger partial charge < -0.3 is 4.57 Å². The summed E-state index contributed by atoms with van der Waals surface area (Å²) < 4.78 is 2.56. The van der Waals surface area contributed by atoms with Gasteiger partial charge in [-0.2, -0.15) is 0 Å². The van der Waals surface area contributed by atoms with Crippen LogP contribution in [0.1, 0.15) is 12.1 Å². The van der Waals surface area contributed by atoms with Crippen LogP contribution in [-0.2, 0) is 13.0 Å². The lowest BCUT2D eigenvalue weighted by Crippen LogP contribution is -2.20. The fraction of sp³-hybridized carbons (Fsp3) is 0.214. The minimum atomic E-state index is 0.100. The topological polar surface area (TPSA) is 22.0 Å². The molecule has 0 saturated heterocycles. The Balaban J connectivity index is 2.03. The zero-order valence-electron chi connectivity index (χ0n) is 9.73. The fourth-order valence-electron chi connectivity index (χ4n) is 2.21. The molecule has 1 aliphatic heterocycles. The van der Waals surface area contributed by atoms with E-state index in [1.54, 1.807) is 11.8 Å². The van der Waals surface area contributed by atoms with Gasteiger partial charge in [0.05, 0.1) is 4.47 Å². The average molecular weight is 322 g/mol. The highest BCUT2D eigenvalue weighted by Gasteiger charge is 2.17. The number of benzene rings is 1. The van der Waals surface area contributed by atoms with Crippen molar-refractivity contribution < 1.29 is 0 Å². The summed E-state index contributed by atoms with van der Waals surface area (Å²) in [6.07, 6.45) is 2.08. The molecule has 1 aromatic carbocycles. The highest BCUT2D eigenvalue weighted by Crippen LogP contribution is 2.33. The van der Waals surface area contributed by atoms with Crippen LogP contribution in [0.2, 0.25) is 0 Å². The first kappa shape index (κ1) is 12.1. The summed E-state index contributed by atoms with van der Waals surface area (Å²) in [6.45, 7) is 0.850. The SMILES string of the molecule is O=c1c(Br)c(Sc2ccccc2)cc2n1CCC2. The molecule has 0 amide bonds. The monoisotopic (exact) mass is 321 g/mol. The number of aryl methyl sites for hydroxylation is 1. The zero-order chi connectivity index (χ0) is 12.5. The quantitative estimate of drug-likeness (QED) is 0.841. The van der Waals surface area contributed by atoms with E-state index in [1.165, 1.54) is 0 Å². The Morgan fingerprint density at radius 2 is 2.00 bits per heavy atom. The molecule has 0 saturated carbocycles. The van der Waals surface area contributed by atoms with Crippen molar-refractivity contribution in [3.63, 3.8) is 0 Å². The Hall–Kier alpha value is -1.00. The highest BCUT2D eigenvalue weighted by atomic mass is 79.9. The van der Waals surface area contributed by atoms with Crippen LogP contribution in [0.5, 0.6) is 0 Å². The molecular formula is C14H12BrNOS. The van der Waals surface area contributed by atoms with E-state index >= 15 is 0 Å². The van der Waals surface area contributed by atoms with E-state index < -0.39 is 0 Å². The van der Waals surface area contributed by atoms with Gasteiger partial charge in [0.2, 0.25) is 0 Å². The summed E-state index contributed by atoms with van der Waals surface area (Å²) in [5.41, 5.74) is 1.25. The first-order valence-electron chi connectivity index (χ1n) is 5.91. The molecule has 0 bridgehead atoms. The predicted octanol–water partition coefficient (Wildman–Crippen LogP) is 3.71. The van der Waals surface area contributed by atoms with Crippen molar-refractivity contribution in [1.29, 1.82) is 0 Å². The van der Waals surface area contributed by atoms with E-state index in [4.69, 9.17) is 0 Å². The molecule has 0 N–H and O–H groups in total. The molecule has 0 spiro atoms. The number of pyridine rings is 1. The lowest BCUT2D eigenvalue weighted by Gasteiger charge is -2.09. The summed E-state index contributed by atoms with van der Waals surface area (Å²) in [4.78, 5) is 14.3. The number of rotatable bonds is 2. The van der Waals surface area contributed by atoms with Gasteiger partial charge in [0, 0.05) is 22.0 Å². The minimum absolute atomic E-state index is 0.100. The van der Waals surface area contributed by atoms with Crippen molar-refractivity contribution >= 4 is 27.7 Å². The van der Waals surface area contributed by atoms with Crippen molar-refractivity contribution in [2.45, 2.75) is 29.2 Å². The molecule has 0 unspecified atom stereocenters. The van der Waals surface area contributed by atoms with Crippen molar-refractivity contribution in [2.24, 2.45) is 0 Å². The van der Waals surface area contributed by atoms with E-state index in [0.717, 1.165) is 34.9 Å². The van der Waals surface area contributed by atoms with Gasteiger partial charge in [0.15, 0.2) is 0 Å². The van der Waals surface area contributed by atoms with E-state index in [-0.39, 0.29) is 5.56 Å². The molecule has 92 valence electrons. The van der Waals surface area contributed by atoms with Crippen LogP contribution in [-0.4, -0.2) is 4.57 Å². The van der Waals surface area contributed by atoms with Gasteiger partial charge >= 0.3 is 0 Å². The Kier molecular flexibility index (Phi) is 3.31. The van der Waals surface area contributed by atoms with Gasteiger partial charge in [-0.15, -0.1) is 0 Å². The van der Waals surface area contributed by atoms with Gasteiger partial charge in [0.1, 0.15) is 0 Å². The second kappa shape index (κ2) is 4.94. The summed E-state index contributed by atoms with van der Waals surface area (Å²) in [6, 6.07) is 12.3. The third-order valence-corrected chi connectivity index (χ3v) is 5.16. The van der Waals surface area contributed by atoms with E-state index in [1.807, 2.05) is 22.8 Å². The smallest absolute Gasteiger partial charge is 0.266 e. The summed E-state index contributed by atoms with van der Waals surface area (Å²) in [7, 11) is 0. The Labute approximate surface area is 118 Å². The van der Waals surface area contributed by atoms with Crippen molar-refractivity contribution in [3.8, 4) is 0 Å². The van der Waals surface area contributed by atoms with Crippen molar-refractivity contribution in [1.82, 2.24) is 4.57 Å². The molecule has 1 aromatic heterocycles. The van der Waals surface area contributed by atoms with Crippen molar-refractivity contribution in [3.05, 3.63) is 56.9 Å². The number of hydrogen-bond donors (Lipinski definition) is 0. The lowest BCUT2D eigenvalue weighted by atomic mass is 10.3. The first-order chi connectivity index (χ1) is 8.75. The maximum absolute atomic E-state index is 12.2. The van der Waals surface area contributed by atoms with Gasteiger partial charge in [-0.1, -0.05) is 30.0 Å². The minimum Gasteiger partial charge on any atom is -0.312 e. The predicted molar refractivity (Wildman–Crippen MR) is 77.3 cm³/mol. The molecule has 18 heavy (non-hydrogen) atoms. The average Bonchev–Trinajstić information content (AvgIpc) is 2.85. The number of hydrogen-bond acceptors (Lipinski definition) is 2. The van der Waals surface area contributed by atoms with Crippen LogP contribution in [0, 0.1) is 0 Å². The van der Waals surface area contributed by atoms with Gasteiger partial charge in [-0.05, 0) is 47.0 Å². The summed E-state index contributed by atoms with van der Waals surface area (Å²) in [5.74, 6) is 0. The molecular weight excluding hydrogens is 310 g/mol. The molecule has 0 radical (unpaired) electrons. The molecule has 4 heteroatoms. The normalized spacial score (nSPS) is 13.6. The molecule has 1 aliphatic rings. The summed E-state index contributed by atoms with van der Waals surface area (Å²) >= 11 is 5.07. The van der Waals surface area contributed by atoms with Gasteiger partial charge in [-0.25, -0.2) is 0 Å². The third-order valence-electron chi connectivity index (χ3n) is 3.08. The lowest BCUT2D eigenvalue weighted by molar-refractivity contribution is 0.714. The number of fused-ring (bicyclic) bond motifs is 1. The third kappa shape index (κ3) is 2.15. The number of halogens is 1. The number of aromatic nitrogens is 1. The highest BCUT2D eigenvalue weighted by molar-refractivity contribution is 9.10. The fourth-order valence-corrected chi connectivity index (χ4v) is 3.70. The molecule has 2 heterocycles. The maximum atomic E-state index is 12.2. The number of nitrogens with zero attached hydrogens (tertiary/aromatic N) is 1. The Bertz CT molecular complexity index is 636. The van der Waals surface area contributed by atoms with E-state index in [9.17, 15) is 4.79 Å². The molecule has 2 aromatic rings. The van der Waals surface area contributed by atoms with E-state index in [2.05, 4.69) is 34.1 Å². The van der Waals surface area contributed by atoms with Gasteiger partial charge in [0.25, 0.3) is 5.56 Å². The van der Waals surface area contributed by atoms with Crippen LogP contribution in [0.4, 0.5) is 0 Å². The molecule has 3 rings (SSSR count). The Morgan fingerprint density at radius 3 is 2.78 bits per heavy atom. The molecule has 2 nitrogen and oxygen atoms in total. The Morgan fingerprint density at radius 1 is 1.22 bits per heavy atom. The largest absolute Gasteiger partial charge is 0.312 e. The second-order valence-electron chi connectivity index (χ2n) is 4.29. The van der Waals surface area contributed by atoms with E-state index in [0.29, 0.717) is 4.47 Å². The maximum Gasteiger partial charge on any atom is 0.266 e. The van der Waals surface area contributed by atoms with Crippen LogP contribution < -0.4 is 5.56 Å². The van der Waals surface area contributed by atoms with Crippen LogP contribution in [0.25, 0.3) is 0 Å². The zero-order valence-corrected chi connectivity index (χ0v) is 12.1. The summed E-state index contributed by atoms with van der Waals surface area (Å²) in [5, 5.41) is 0. The standard InChI is InChI=1S/C14H12BrNOS/c15-13-12(18-11-6-2-1-3-7-11)9-10-5-4-8-16(10)14(13)17/h1-3,6-7,9H,4-5,8H2. The first-order valence-corrected chi connectivity index (χ1v) is 7.52. The molecule has 0 fully saturated rings. The second-order valence-corrected chi connectivity index (χ2v) is 6.20. The van der Waals surface area contributed by atoms with Crippen LogP contribution in [0.3, 0.4) is 0 Å².